The van der Waals surface area contributed by atoms with Gasteiger partial charge in [-0.3, -0.25) is 4.79 Å². The van der Waals surface area contributed by atoms with Crippen LogP contribution >= 0.6 is 0 Å². The molecule has 5 rings (SSSR count). The van der Waals surface area contributed by atoms with E-state index in [1.54, 1.807) is 0 Å². The van der Waals surface area contributed by atoms with Gasteiger partial charge in [0.05, 0.1) is 18.1 Å². The van der Waals surface area contributed by atoms with Crippen molar-refractivity contribution in [3.05, 3.63) is 12.2 Å². The van der Waals surface area contributed by atoms with Gasteiger partial charge in [0.1, 0.15) is 0 Å². The van der Waals surface area contributed by atoms with Gasteiger partial charge in [-0.05, 0) is 131 Å². The van der Waals surface area contributed by atoms with Crippen LogP contribution in [0.2, 0.25) is 0 Å². The van der Waals surface area contributed by atoms with Gasteiger partial charge in [0, 0.05) is 5.41 Å². The van der Waals surface area contributed by atoms with Crippen molar-refractivity contribution in [2.24, 2.45) is 56.7 Å². The summed E-state index contributed by atoms with van der Waals surface area (Å²) in [5.74, 6) is 4.50. The predicted octanol–water partition coefficient (Wildman–Crippen LogP) is 6.93. The number of allylic oxidation sites excluding steroid dienone is 1. The van der Waals surface area contributed by atoms with Gasteiger partial charge in [0.2, 0.25) is 0 Å². The maximum Gasteiger partial charge on any atom is 0.313 e. The lowest BCUT2D eigenvalue weighted by Crippen LogP contribution is -2.67. The molecule has 39 heavy (non-hydrogen) atoms. The molecule has 0 saturated heterocycles. The maximum atomic E-state index is 14.1. The normalized spacial score (nSPS) is 51.0. The van der Waals surface area contributed by atoms with Crippen molar-refractivity contribution in [1.82, 2.24) is 0 Å². The molecule has 5 aliphatic carbocycles. The Morgan fingerprint density at radius 1 is 0.974 bits per heavy atom. The van der Waals surface area contributed by atoms with Crippen LogP contribution in [0.1, 0.15) is 113 Å². The van der Waals surface area contributed by atoms with Crippen LogP contribution < -0.4 is 0 Å². The molecule has 0 bridgehead atoms. The highest BCUT2D eigenvalue weighted by atomic mass is 16.6. The minimum Gasteiger partial charge on any atom is -0.446 e. The first-order valence-corrected chi connectivity index (χ1v) is 15.7. The molecular weight excluding hydrogens is 484 g/mol. The van der Waals surface area contributed by atoms with E-state index in [0.29, 0.717) is 23.7 Å². The van der Waals surface area contributed by atoms with Crippen LogP contribution in [0.4, 0.5) is 0 Å². The molecule has 2 N–H and O–H groups in total. The quantitative estimate of drug-likeness (QED) is 0.231. The molecule has 0 aromatic rings. The molecule has 0 aromatic carbocycles. The van der Waals surface area contributed by atoms with Crippen LogP contribution in [-0.4, -0.2) is 34.5 Å². The molecule has 5 aliphatic rings. The van der Waals surface area contributed by atoms with Crippen LogP contribution in [-0.2, 0) is 9.53 Å². The Morgan fingerprint density at radius 2 is 1.67 bits per heavy atom. The summed E-state index contributed by atoms with van der Waals surface area (Å²) < 4.78 is 6.08. The molecule has 0 radical (unpaired) electrons. The number of hydrogen-bond donors (Lipinski definition) is 2. The van der Waals surface area contributed by atoms with Gasteiger partial charge in [-0.2, -0.15) is 0 Å². The molecule has 5 saturated carbocycles. The molecule has 0 aromatic heterocycles. The first-order valence-electron chi connectivity index (χ1n) is 15.7. The Labute approximate surface area is 237 Å². The van der Waals surface area contributed by atoms with Gasteiger partial charge in [0.15, 0.2) is 5.60 Å². The van der Waals surface area contributed by atoms with E-state index in [2.05, 4.69) is 47.1 Å². The van der Waals surface area contributed by atoms with Gasteiger partial charge in [-0.1, -0.05) is 45.8 Å². The Hall–Kier alpha value is -1.31. The summed E-state index contributed by atoms with van der Waals surface area (Å²) >= 11 is 0. The van der Waals surface area contributed by atoms with Crippen LogP contribution in [0.3, 0.4) is 0 Å². The van der Waals surface area contributed by atoms with E-state index in [-0.39, 0.29) is 34.7 Å². The second-order valence-electron chi connectivity index (χ2n) is 16.1. The van der Waals surface area contributed by atoms with E-state index in [1.165, 1.54) is 5.57 Å². The summed E-state index contributed by atoms with van der Waals surface area (Å²) in [6.45, 7) is 20.0. The first kappa shape index (κ1) is 29.2. The van der Waals surface area contributed by atoms with E-state index in [4.69, 9.17) is 11.2 Å². The zero-order chi connectivity index (χ0) is 28.8. The number of fused-ring (bicyclic) bond motifs is 7. The second-order valence-corrected chi connectivity index (χ2v) is 16.1. The second kappa shape index (κ2) is 9.09. The number of esters is 1. The lowest BCUT2D eigenvalue weighted by atomic mass is 9.32. The Balaban J connectivity index is 1.54. The van der Waals surface area contributed by atoms with Crippen LogP contribution in [0.25, 0.3) is 0 Å². The number of carbonyl (C=O) groups excluding carboxylic acids is 1. The number of aliphatic hydroxyl groups excluding tert-OH is 2. The van der Waals surface area contributed by atoms with Crippen molar-refractivity contribution >= 4 is 5.97 Å². The summed E-state index contributed by atoms with van der Waals surface area (Å²) in [5.41, 5.74) is -0.238. The SMILES string of the molecule is C#CC(C)(C)OC(=O)[C@]12CC[C@@H](C(=C)C)C1C1CCC3[C@@]4(C)CC[C@H](O)[C@@](C)(CO)C4CC[C@@]3(C)[C@]1(C)CC2. The third-order valence-corrected chi connectivity index (χ3v) is 14.3. The summed E-state index contributed by atoms with van der Waals surface area (Å²) in [5, 5.41) is 21.5. The molecule has 0 amide bonds. The molecule has 0 aliphatic heterocycles. The number of carbonyl (C=O) groups is 1. The largest absolute Gasteiger partial charge is 0.446 e. The summed E-state index contributed by atoms with van der Waals surface area (Å²) in [7, 11) is 0. The van der Waals surface area contributed by atoms with E-state index >= 15 is 0 Å². The minimum atomic E-state index is -0.903. The van der Waals surface area contributed by atoms with E-state index < -0.39 is 22.5 Å². The molecule has 218 valence electrons. The van der Waals surface area contributed by atoms with Gasteiger partial charge in [-0.15, -0.1) is 6.42 Å². The van der Waals surface area contributed by atoms with E-state index in [0.717, 1.165) is 64.2 Å². The highest BCUT2D eigenvalue weighted by Gasteiger charge is 2.72. The number of terminal acetylenes is 1. The fourth-order valence-electron chi connectivity index (χ4n) is 11.9. The molecule has 4 heteroatoms. The van der Waals surface area contributed by atoms with Gasteiger partial charge >= 0.3 is 5.97 Å². The molecule has 5 fully saturated rings. The number of hydrogen-bond acceptors (Lipinski definition) is 4. The Bertz CT molecular complexity index is 1070. The molecule has 11 atom stereocenters. The fourth-order valence-corrected chi connectivity index (χ4v) is 11.9. The minimum absolute atomic E-state index is 0.0543. The third kappa shape index (κ3) is 3.74. The average Bonchev–Trinajstić information content (AvgIpc) is 3.28. The van der Waals surface area contributed by atoms with Gasteiger partial charge in [-0.25, -0.2) is 0 Å². The van der Waals surface area contributed by atoms with Crippen LogP contribution in [0, 0.1) is 69.0 Å². The van der Waals surface area contributed by atoms with Crippen LogP contribution in [0.5, 0.6) is 0 Å². The van der Waals surface area contributed by atoms with Crippen molar-refractivity contribution in [2.45, 2.75) is 124 Å². The molecule has 4 unspecified atom stereocenters. The number of ether oxygens (including phenoxy) is 1. The van der Waals surface area contributed by atoms with Crippen LogP contribution in [0.15, 0.2) is 12.2 Å². The van der Waals surface area contributed by atoms with Crippen molar-refractivity contribution < 1.29 is 19.7 Å². The smallest absolute Gasteiger partial charge is 0.313 e. The van der Waals surface area contributed by atoms with Gasteiger partial charge in [0.25, 0.3) is 0 Å². The topological polar surface area (TPSA) is 66.8 Å². The van der Waals surface area contributed by atoms with E-state index in [9.17, 15) is 15.0 Å². The summed E-state index contributed by atoms with van der Waals surface area (Å²) in [6, 6.07) is 0. The van der Waals surface area contributed by atoms with E-state index in [1.807, 2.05) is 13.8 Å². The first-order chi connectivity index (χ1) is 18.1. The standard InChI is InChI=1S/C35H54O4/c1-10-30(4,5)39-29(38)35-18-13-23(22(2)3)28(35)24-11-12-26-31(6)16-15-27(37)32(7,21-36)25(31)14-17-34(26,9)33(24,8)19-20-35/h1,23-28,36-37H,2,11-21H2,3-9H3/t23-,24?,25?,26?,27-,28?,31-,32-,33+,34+,35-/m0/s1. The molecule has 0 spiro atoms. The summed E-state index contributed by atoms with van der Waals surface area (Å²) in [6.07, 6.45) is 15.4. The third-order valence-electron chi connectivity index (χ3n) is 14.3. The zero-order valence-corrected chi connectivity index (χ0v) is 25.7. The average molecular weight is 539 g/mol. The van der Waals surface area contributed by atoms with Gasteiger partial charge < -0.3 is 14.9 Å². The lowest BCUT2D eigenvalue weighted by Gasteiger charge is -2.72. The Kier molecular flexibility index (Phi) is 6.81. The Morgan fingerprint density at radius 3 is 2.28 bits per heavy atom. The monoisotopic (exact) mass is 538 g/mol. The van der Waals surface area contributed by atoms with Crippen molar-refractivity contribution in [2.75, 3.05) is 6.61 Å². The van der Waals surface area contributed by atoms with Crippen molar-refractivity contribution in [3.8, 4) is 12.3 Å². The number of aliphatic hydroxyl groups is 2. The summed E-state index contributed by atoms with van der Waals surface area (Å²) in [4.78, 5) is 14.1. The fraction of sp³-hybridized carbons (Fsp3) is 0.857. The highest BCUT2D eigenvalue weighted by Crippen LogP contribution is 2.77. The maximum absolute atomic E-state index is 14.1. The van der Waals surface area contributed by atoms with Crippen molar-refractivity contribution in [3.63, 3.8) is 0 Å². The molecular formula is C35H54O4. The lowest BCUT2D eigenvalue weighted by molar-refractivity contribution is -0.255. The van der Waals surface area contributed by atoms with Crippen molar-refractivity contribution in [1.29, 1.82) is 0 Å². The molecule has 0 heterocycles. The zero-order valence-electron chi connectivity index (χ0n) is 25.7. The predicted molar refractivity (Wildman–Crippen MR) is 155 cm³/mol. The molecule has 4 nitrogen and oxygen atoms in total. The number of rotatable bonds is 4. The highest BCUT2D eigenvalue weighted by molar-refractivity contribution is 5.79.